The minimum Gasteiger partial charge on any atom is -0.349 e. The number of anilines is 3. The monoisotopic (exact) mass is 281 g/mol. The van der Waals surface area contributed by atoms with Crippen LogP contribution in [0.5, 0.6) is 0 Å². The lowest BCUT2D eigenvalue weighted by Gasteiger charge is -2.06. The summed E-state index contributed by atoms with van der Waals surface area (Å²) in [5.74, 6) is 1.94. The Hall–Kier alpha value is -2.96. The van der Waals surface area contributed by atoms with Gasteiger partial charge in [0.25, 0.3) is 0 Å². The number of aromatic amines is 1. The summed E-state index contributed by atoms with van der Waals surface area (Å²) in [6.45, 7) is 2.52. The Morgan fingerprint density at radius 2 is 2.05 bits per heavy atom. The quantitative estimate of drug-likeness (QED) is 0.664. The molecule has 7 nitrogen and oxygen atoms in total. The highest BCUT2D eigenvalue weighted by molar-refractivity contribution is 5.52. The molecule has 7 heteroatoms. The smallest absolute Gasteiger partial charge is 0.224 e. The summed E-state index contributed by atoms with van der Waals surface area (Å²) in [6.07, 6.45) is 3.45. The van der Waals surface area contributed by atoms with E-state index in [4.69, 9.17) is 0 Å². The summed E-state index contributed by atoms with van der Waals surface area (Å²) in [5, 5.41) is 13.2. The van der Waals surface area contributed by atoms with Crippen LogP contribution in [-0.2, 0) is 6.54 Å². The Bertz CT molecular complexity index is 708. The second-order valence-corrected chi connectivity index (χ2v) is 4.50. The van der Waals surface area contributed by atoms with Gasteiger partial charge in [0.05, 0.1) is 12.2 Å². The van der Waals surface area contributed by atoms with E-state index >= 15 is 0 Å². The Balaban J connectivity index is 1.65. The van der Waals surface area contributed by atoms with Crippen molar-refractivity contribution in [2.24, 2.45) is 0 Å². The highest BCUT2D eigenvalue weighted by Crippen LogP contribution is 2.13. The Morgan fingerprint density at radius 1 is 1.10 bits per heavy atom. The van der Waals surface area contributed by atoms with E-state index in [1.54, 1.807) is 18.5 Å². The van der Waals surface area contributed by atoms with E-state index in [9.17, 15) is 0 Å². The van der Waals surface area contributed by atoms with E-state index in [1.807, 2.05) is 31.2 Å². The van der Waals surface area contributed by atoms with Gasteiger partial charge in [0.15, 0.2) is 5.82 Å². The lowest BCUT2D eigenvalue weighted by atomic mass is 10.3. The van der Waals surface area contributed by atoms with Crippen LogP contribution in [0, 0.1) is 6.92 Å². The van der Waals surface area contributed by atoms with Crippen LogP contribution < -0.4 is 10.6 Å². The first kappa shape index (κ1) is 13.0. The predicted octanol–water partition coefficient (Wildman–Crippen LogP) is 2.26. The maximum atomic E-state index is 4.38. The van der Waals surface area contributed by atoms with Gasteiger partial charge in [0.2, 0.25) is 5.95 Å². The molecule has 0 aliphatic carbocycles. The fraction of sp³-hybridized carbons (Fsp3) is 0.143. The summed E-state index contributed by atoms with van der Waals surface area (Å²) in [5.41, 5.74) is 1.92. The zero-order chi connectivity index (χ0) is 14.5. The Labute approximate surface area is 121 Å². The molecular weight excluding hydrogens is 266 g/mol. The number of aryl methyl sites for hydroxylation is 1. The van der Waals surface area contributed by atoms with Crippen LogP contribution in [0.1, 0.15) is 11.4 Å². The van der Waals surface area contributed by atoms with Crippen LogP contribution >= 0.6 is 0 Å². The minimum absolute atomic E-state index is 0.540. The largest absolute Gasteiger partial charge is 0.349 e. The van der Waals surface area contributed by atoms with Gasteiger partial charge in [-0.25, -0.2) is 4.98 Å². The SMILES string of the molecule is Cc1cc(Nc2ccnc(NCc3ccccn3)n2)n[nH]1. The Kier molecular flexibility index (Phi) is 3.72. The van der Waals surface area contributed by atoms with E-state index in [-0.39, 0.29) is 0 Å². The van der Waals surface area contributed by atoms with Crippen LogP contribution in [0.25, 0.3) is 0 Å². The van der Waals surface area contributed by atoms with Gasteiger partial charge in [0.1, 0.15) is 5.82 Å². The van der Waals surface area contributed by atoms with Gasteiger partial charge in [-0.3, -0.25) is 10.1 Å². The number of H-pyrrole nitrogens is 1. The summed E-state index contributed by atoms with van der Waals surface area (Å²) < 4.78 is 0. The molecule has 0 spiro atoms. The normalized spacial score (nSPS) is 10.3. The lowest BCUT2D eigenvalue weighted by Crippen LogP contribution is -2.06. The minimum atomic E-state index is 0.540. The van der Waals surface area contributed by atoms with Gasteiger partial charge in [-0.1, -0.05) is 6.07 Å². The van der Waals surface area contributed by atoms with Crippen molar-refractivity contribution >= 4 is 17.6 Å². The molecule has 0 radical (unpaired) electrons. The second-order valence-electron chi connectivity index (χ2n) is 4.50. The third kappa shape index (κ3) is 3.53. The van der Waals surface area contributed by atoms with E-state index in [0.29, 0.717) is 18.3 Å². The van der Waals surface area contributed by atoms with Gasteiger partial charge >= 0.3 is 0 Å². The number of hydrogen-bond donors (Lipinski definition) is 3. The number of pyridine rings is 1. The number of hydrogen-bond acceptors (Lipinski definition) is 6. The van der Waals surface area contributed by atoms with Crippen LogP contribution in [0.3, 0.4) is 0 Å². The summed E-state index contributed by atoms with van der Waals surface area (Å²) in [7, 11) is 0. The molecule has 0 saturated heterocycles. The molecule has 21 heavy (non-hydrogen) atoms. The van der Waals surface area contributed by atoms with Crippen LogP contribution in [0.2, 0.25) is 0 Å². The molecule has 0 amide bonds. The summed E-state index contributed by atoms with van der Waals surface area (Å²) in [4.78, 5) is 12.8. The third-order valence-corrected chi connectivity index (χ3v) is 2.77. The second kappa shape index (κ2) is 6.00. The van der Waals surface area contributed by atoms with Gasteiger partial charge in [-0.15, -0.1) is 0 Å². The fourth-order valence-electron chi connectivity index (χ4n) is 1.80. The van der Waals surface area contributed by atoms with Gasteiger partial charge in [-0.05, 0) is 25.1 Å². The molecule has 0 aromatic carbocycles. The lowest BCUT2D eigenvalue weighted by molar-refractivity contribution is 1.00. The molecule has 0 fully saturated rings. The number of nitrogens with one attached hydrogen (secondary N) is 3. The van der Waals surface area contributed by atoms with Crippen LogP contribution in [0.15, 0.2) is 42.7 Å². The van der Waals surface area contributed by atoms with Crippen molar-refractivity contribution in [3.8, 4) is 0 Å². The molecular formula is C14H15N7. The maximum Gasteiger partial charge on any atom is 0.224 e. The Morgan fingerprint density at radius 3 is 2.81 bits per heavy atom. The first-order valence-corrected chi connectivity index (χ1v) is 6.55. The first-order chi connectivity index (χ1) is 10.3. The van der Waals surface area contributed by atoms with Crippen molar-refractivity contribution in [2.75, 3.05) is 10.6 Å². The van der Waals surface area contributed by atoms with Crippen LogP contribution in [0.4, 0.5) is 17.6 Å². The van der Waals surface area contributed by atoms with Gasteiger partial charge in [0, 0.05) is 24.2 Å². The van der Waals surface area contributed by atoms with Crippen molar-refractivity contribution in [1.29, 1.82) is 0 Å². The fourth-order valence-corrected chi connectivity index (χ4v) is 1.80. The average Bonchev–Trinajstić information content (AvgIpc) is 2.92. The molecule has 3 aromatic heterocycles. The number of rotatable bonds is 5. The molecule has 0 aliphatic heterocycles. The van der Waals surface area contributed by atoms with E-state index in [1.165, 1.54) is 0 Å². The zero-order valence-corrected chi connectivity index (χ0v) is 11.5. The maximum absolute atomic E-state index is 4.38. The highest BCUT2D eigenvalue weighted by Gasteiger charge is 2.02. The van der Waals surface area contributed by atoms with Crippen molar-refractivity contribution in [3.63, 3.8) is 0 Å². The molecule has 3 rings (SSSR count). The number of aromatic nitrogens is 5. The highest BCUT2D eigenvalue weighted by atomic mass is 15.2. The van der Waals surface area contributed by atoms with E-state index in [0.717, 1.165) is 17.2 Å². The molecule has 3 heterocycles. The molecule has 0 atom stereocenters. The number of nitrogens with zero attached hydrogens (tertiary/aromatic N) is 4. The third-order valence-electron chi connectivity index (χ3n) is 2.77. The molecule has 0 bridgehead atoms. The van der Waals surface area contributed by atoms with Crippen molar-refractivity contribution < 1.29 is 0 Å². The molecule has 3 N–H and O–H groups in total. The van der Waals surface area contributed by atoms with Crippen molar-refractivity contribution in [1.82, 2.24) is 25.1 Å². The molecule has 0 unspecified atom stereocenters. The summed E-state index contributed by atoms with van der Waals surface area (Å²) in [6, 6.07) is 9.47. The van der Waals surface area contributed by atoms with Crippen LogP contribution in [-0.4, -0.2) is 25.1 Å². The summed E-state index contributed by atoms with van der Waals surface area (Å²) >= 11 is 0. The average molecular weight is 281 g/mol. The molecule has 3 aromatic rings. The molecule has 0 saturated carbocycles. The topological polar surface area (TPSA) is 91.4 Å². The standard InChI is InChI=1S/C14H15N7/c1-10-8-13(21-20-10)18-12-5-7-16-14(19-12)17-9-11-4-2-3-6-15-11/h2-8H,9H2,1H3,(H3,16,17,18,19,20,21). The molecule has 106 valence electrons. The van der Waals surface area contributed by atoms with Gasteiger partial charge < -0.3 is 10.6 Å². The molecule has 0 aliphatic rings. The van der Waals surface area contributed by atoms with E-state index in [2.05, 4.69) is 35.8 Å². The van der Waals surface area contributed by atoms with Crippen molar-refractivity contribution in [3.05, 3.63) is 54.1 Å². The first-order valence-electron chi connectivity index (χ1n) is 6.55. The zero-order valence-electron chi connectivity index (χ0n) is 11.5. The van der Waals surface area contributed by atoms with Crippen molar-refractivity contribution in [2.45, 2.75) is 13.5 Å². The van der Waals surface area contributed by atoms with Gasteiger partial charge in [-0.2, -0.15) is 10.1 Å². The predicted molar refractivity (Wildman–Crippen MR) is 80.2 cm³/mol. The van der Waals surface area contributed by atoms with E-state index < -0.39 is 0 Å².